The van der Waals surface area contributed by atoms with E-state index in [1.807, 2.05) is 39.8 Å². The smallest absolute Gasteiger partial charge is 0.122 e. The largest absolute Gasteiger partial charge is 0.496 e. The van der Waals surface area contributed by atoms with Crippen molar-refractivity contribution < 1.29 is 4.74 Å². The van der Waals surface area contributed by atoms with Gasteiger partial charge in [0.2, 0.25) is 0 Å². The van der Waals surface area contributed by atoms with E-state index in [9.17, 15) is 0 Å². The first-order chi connectivity index (χ1) is 12.6. The highest BCUT2D eigenvalue weighted by Gasteiger charge is 2.24. The zero-order chi connectivity index (χ0) is 19.9. The van der Waals surface area contributed by atoms with E-state index in [0.717, 1.165) is 17.6 Å². The van der Waals surface area contributed by atoms with Crippen molar-refractivity contribution in [2.45, 2.75) is 73.6 Å². The van der Waals surface area contributed by atoms with Crippen LogP contribution in [0.15, 0.2) is 48.5 Å². The van der Waals surface area contributed by atoms with Crippen molar-refractivity contribution in [1.82, 2.24) is 0 Å². The van der Waals surface area contributed by atoms with Gasteiger partial charge >= 0.3 is 0 Å². The van der Waals surface area contributed by atoms with E-state index < -0.39 is 0 Å². The van der Waals surface area contributed by atoms with Crippen molar-refractivity contribution in [3.05, 3.63) is 65.2 Å². The van der Waals surface area contributed by atoms with Crippen LogP contribution < -0.4 is 4.74 Å². The molecule has 0 heterocycles. The fraction of sp³-hybridized carbons (Fsp3) is 0.520. The summed E-state index contributed by atoms with van der Waals surface area (Å²) in [6.07, 6.45) is 4.23. The molecular formula is C25H40O. The molecule has 0 amide bonds. The molecule has 0 aromatic heterocycles. The zero-order valence-corrected chi connectivity index (χ0v) is 18.3. The second-order valence-corrected chi connectivity index (χ2v) is 6.33. The number of hydrogen-bond donors (Lipinski definition) is 0. The van der Waals surface area contributed by atoms with Gasteiger partial charge in [0.05, 0.1) is 7.11 Å². The first-order valence-electron chi connectivity index (χ1n) is 10.3. The minimum absolute atomic E-state index is 0.839. The molecule has 2 aromatic rings. The lowest BCUT2D eigenvalue weighted by molar-refractivity contribution is 0.411. The van der Waals surface area contributed by atoms with Crippen LogP contribution in [-0.2, 0) is 0 Å². The van der Waals surface area contributed by atoms with Crippen molar-refractivity contribution >= 4 is 0 Å². The number of aryl methyl sites for hydroxylation is 1. The Morgan fingerprint density at radius 1 is 0.808 bits per heavy atom. The lowest BCUT2D eigenvalue weighted by Gasteiger charge is -2.14. The molecule has 1 fully saturated rings. The Morgan fingerprint density at radius 3 is 1.88 bits per heavy atom. The van der Waals surface area contributed by atoms with Crippen LogP contribution in [0.3, 0.4) is 0 Å². The molecule has 0 spiro atoms. The van der Waals surface area contributed by atoms with Gasteiger partial charge in [-0.15, -0.1) is 0 Å². The fourth-order valence-corrected chi connectivity index (χ4v) is 3.29. The van der Waals surface area contributed by atoms with Crippen LogP contribution in [0.5, 0.6) is 5.75 Å². The second-order valence-electron chi connectivity index (χ2n) is 6.33. The Balaban J connectivity index is 0.000000409. The van der Waals surface area contributed by atoms with Crippen molar-refractivity contribution in [2.24, 2.45) is 5.92 Å². The Bertz CT molecular complexity index is 574. The van der Waals surface area contributed by atoms with Crippen LogP contribution in [0.1, 0.15) is 76.5 Å². The van der Waals surface area contributed by atoms with Gasteiger partial charge in [0.25, 0.3) is 0 Å². The van der Waals surface area contributed by atoms with E-state index in [0.29, 0.717) is 0 Å². The summed E-state index contributed by atoms with van der Waals surface area (Å²) in [5, 5.41) is 0. The summed E-state index contributed by atoms with van der Waals surface area (Å²) in [7, 11) is 1.70. The normalized spacial score (nSPS) is 17.5. The monoisotopic (exact) mass is 356 g/mol. The van der Waals surface area contributed by atoms with Crippen molar-refractivity contribution in [2.75, 3.05) is 7.11 Å². The molecule has 0 aliphatic heterocycles. The lowest BCUT2D eigenvalue weighted by atomic mass is 9.90. The second kappa shape index (κ2) is 14.4. The SMILES string of the molecule is CC.CC.CC1CCCC1c1ccccc1.COc1cccc(C)c1C. The molecule has 0 bridgehead atoms. The maximum atomic E-state index is 5.13. The number of ether oxygens (including phenoxy) is 1. The molecular weight excluding hydrogens is 316 g/mol. The minimum Gasteiger partial charge on any atom is -0.496 e. The van der Waals surface area contributed by atoms with Gasteiger partial charge in [0.1, 0.15) is 5.75 Å². The molecule has 2 atom stereocenters. The van der Waals surface area contributed by atoms with Crippen LogP contribution in [0, 0.1) is 19.8 Å². The summed E-state index contributed by atoms with van der Waals surface area (Å²) < 4.78 is 5.13. The molecule has 1 saturated carbocycles. The summed E-state index contributed by atoms with van der Waals surface area (Å²) in [6, 6.07) is 17.0. The predicted molar refractivity (Wildman–Crippen MR) is 117 cm³/mol. The van der Waals surface area contributed by atoms with Gasteiger partial charge in [0.15, 0.2) is 0 Å². The summed E-state index contributed by atoms with van der Waals surface area (Å²) in [5.74, 6) is 2.71. The standard InChI is InChI=1S/C12H16.C9H12O.2C2H6/c1-10-6-5-9-12(10)11-7-3-2-4-8-11;1-7-5-4-6-9(10-3)8(7)2;2*1-2/h2-4,7-8,10,12H,5-6,9H2,1H3;4-6H,1-3H3;2*1-2H3. The molecule has 146 valence electrons. The van der Waals surface area contributed by atoms with E-state index in [2.05, 4.69) is 57.2 Å². The Kier molecular flexibility index (Phi) is 13.4. The van der Waals surface area contributed by atoms with Crippen LogP contribution >= 0.6 is 0 Å². The van der Waals surface area contributed by atoms with Gasteiger partial charge in [-0.3, -0.25) is 0 Å². The third kappa shape index (κ3) is 7.64. The molecule has 0 radical (unpaired) electrons. The third-order valence-electron chi connectivity index (χ3n) is 4.86. The first-order valence-corrected chi connectivity index (χ1v) is 10.3. The highest BCUT2D eigenvalue weighted by molar-refractivity contribution is 5.37. The molecule has 26 heavy (non-hydrogen) atoms. The van der Waals surface area contributed by atoms with E-state index in [1.54, 1.807) is 12.7 Å². The Labute approximate surface area is 162 Å². The van der Waals surface area contributed by atoms with Crippen molar-refractivity contribution in [3.63, 3.8) is 0 Å². The third-order valence-corrected chi connectivity index (χ3v) is 4.86. The number of benzene rings is 2. The van der Waals surface area contributed by atoms with Crippen molar-refractivity contribution in [1.29, 1.82) is 0 Å². The summed E-state index contributed by atoms with van der Waals surface area (Å²) >= 11 is 0. The lowest BCUT2D eigenvalue weighted by Crippen LogP contribution is -2.00. The van der Waals surface area contributed by atoms with Gasteiger partial charge in [0, 0.05) is 0 Å². The summed E-state index contributed by atoms with van der Waals surface area (Å²) in [4.78, 5) is 0. The maximum Gasteiger partial charge on any atom is 0.122 e. The quantitative estimate of drug-likeness (QED) is 0.530. The van der Waals surface area contributed by atoms with E-state index >= 15 is 0 Å². The molecule has 1 heteroatoms. The summed E-state index contributed by atoms with van der Waals surface area (Å²) in [6.45, 7) is 14.5. The molecule has 2 unspecified atom stereocenters. The maximum absolute atomic E-state index is 5.13. The van der Waals surface area contributed by atoms with E-state index in [4.69, 9.17) is 4.74 Å². The fourth-order valence-electron chi connectivity index (χ4n) is 3.29. The van der Waals surface area contributed by atoms with Crippen LogP contribution in [0.25, 0.3) is 0 Å². The predicted octanol–water partition coefficient (Wildman–Crippen LogP) is 7.95. The van der Waals surface area contributed by atoms with Gasteiger partial charge < -0.3 is 4.74 Å². The van der Waals surface area contributed by atoms with Gasteiger partial charge in [-0.1, -0.05) is 89.9 Å². The average Bonchev–Trinajstić information content (AvgIpc) is 3.14. The van der Waals surface area contributed by atoms with Gasteiger partial charge in [-0.25, -0.2) is 0 Å². The van der Waals surface area contributed by atoms with Crippen molar-refractivity contribution in [3.8, 4) is 5.75 Å². The summed E-state index contributed by atoms with van der Waals surface area (Å²) in [5.41, 5.74) is 4.05. The highest BCUT2D eigenvalue weighted by Crippen LogP contribution is 2.38. The van der Waals surface area contributed by atoms with Gasteiger partial charge in [-0.05, 0) is 54.9 Å². The molecule has 2 aromatic carbocycles. The van der Waals surface area contributed by atoms with Crippen LogP contribution in [0.2, 0.25) is 0 Å². The Morgan fingerprint density at radius 2 is 1.42 bits per heavy atom. The molecule has 0 N–H and O–H groups in total. The van der Waals surface area contributed by atoms with Crippen LogP contribution in [-0.4, -0.2) is 7.11 Å². The number of hydrogen-bond acceptors (Lipinski definition) is 1. The Hall–Kier alpha value is -1.76. The molecule has 0 saturated heterocycles. The average molecular weight is 357 g/mol. The van der Waals surface area contributed by atoms with Crippen LogP contribution in [0.4, 0.5) is 0 Å². The molecule has 1 aliphatic carbocycles. The number of rotatable bonds is 2. The van der Waals surface area contributed by atoms with E-state index in [1.165, 1.54) is 30.4 Å². The molecule has 1 nitrogen and oxygen atoms in total. The topological polar surface area (TPSA) is 9.23 Å². The molecule has 3 rings (SSSR count). The zero-order valence-electron chi connectivity index (χ0n) is 18.3. The number of methoxy groups -OCH3 is 1. The minimum atomic E-state index is 0.839. The van der Waals surface area contributed by atoms with Gasteiger partial charge in [-0.2, -0.15) is 0 Å². The highest BCUT2D eigenvalue weighted by atomic mass is 16.5. The first kappa shape index (κ1) is 24.2. The van der Waals surface area contributed by atoms with E-state index in [-0.39, 0.29) is 0 Å². The molecule has 1 aliphatic rings.